The quantitative estimate of drug-likeness (QED) is 0.675. The number of hydrogen-bond acceptors (Lipinski definition) is 5. The molecule has 6 nitrogen and oxygen atoms in total. The third-order valence-corrected chi connectivity index (χ3v) is 4.97. The minimum atomic E-state index is 0.0411. The number of amides is 1. The molecule has 24 heavy (non-hydrogen) atoms. The van der Waals surface area contributed by atoms with Crippen LogP contribution in [-0.2, 0) is 17.8 Å². The Morgan fingerprint density at radius 1 is 1.21 bits per heavy atom. The Kier molecular flexibility index (Phi) is 4.36. The van der Waals surface area contributed by atoms with Gasteiger partial charge >= 0.3 is 0 Å². The molecule has 0 atom stereocenters. The van der Waals surface area contributed by atoms with Crippen molar-refractivity contribution >= 4 is 34.4 Å². The third kappa shape index (κ3) is 3.10. The minimum absolute atomic E-state index is 0.0411. The maximum Gasteiger partial charge on any atom is 0.254 e. The zero-order valence-corrected chi connectivity index (χ0v) is 15.3. The Balaban J connectivity index is 1.52. The number of carbonyl (C=O) groups excluding carboxylic acids is 1. The molecule has 0 N–H and O–H groups in total. The molecular weight excluding hydrogens is 419 g/mol. The molecule has 0 saturated carbocycles. The summed E-state index contributed by atoms with van der Waals surface area (Å²) in [6.45, 7) is 4.14. The molecule has 0 spiro atoms. The fourth-order valence-electron chi connectivity index (χ4n) is 3.01. The van der Waals surface area contributed by atoms with Gasteiger partial charge in [0, 0.05) is 40.5 Å². The molecule has 1 aromatic heterocycles. The molecule has 7 heteroatoms. The summed E-state index contributed by atoms with van der Waals surface area (Å²) in [6.07, 6.45) is 1.86. The van der Waals surface area contributed by atoms with Crippen molar-refractivity contribution in [2.45, 2.75) is 13.1 Å². The predicted octanol–water partition coefficient (Wildman–Crippen LogP) is 2.07. The van der Waals surface area contributed by atoms with Gasteiger partial charge in [-0.05, 0) is 40.8 Å². The molecule has 0 bridgehead atoms. The van der Waals surface area contributed by atoms with Crippen LogP contribution in [0.3, 0.4) is 0 Å². The van der Waals surface area contributed by atoms with Crippen LogP contribution < -0.4 is 4.90 Å². The summed E-state index contributed by atoms with van der Waals surface area (Å²) in [5.41, 5.74) is 2.70. The van der Waals surface area contributed by atoms with Crippen molar-refractivity contribution in [1.82, 2.24) is 14.9 Å². The van der Waals surface area contributed by atoms with Crippen LogP contribution in [0.2, 0.25) is 0 Å². The van der Waals surface area contributed by atoms with E-state index in [0.29, 0.717) is 26.3 Å². The number of anilines is 1. The first kappa shape index (κ1) is 15.8. The Bertz CT molecular complexity index is 777. The van der Waals surface area contributed by atoms with Crippen molar-refractivity contribution in [3.05, 3.63) is 50.9 Å². The van der Waals surface area contributed by atoms with Crippen LogP contribution in [0.4, 0.5) is 5.95 Å². The van der Waals surface area contributed by atoms with Gasteiger partial charge in [0.1, 0.15) is 0 Å². The Hall–Kier alpha value is -1.74. The summed E-state index contributed by atoms with van der Waals surface area (Å²) >= 11 is 2.22. The van der Waals surface area contributed by atoms with Crippen LogP contribution in [0.25, 0.3) is 0 Å². The molecule has 1 saturated heterocycles. The number of nitrogens with zero attached hydrogens (tertiary/aromatic N) is 4. The maximum absolute atomic E-state index is 12.7. The lowest BCUT2D eigenvalue weighted by Gasteiger charge is -2.26. The minimum Gasteiger partial charge on any atom is -0.378 e. The van der Waals surface area contributed by atoms with Crippen LogP contribution in [0.15, 0.2) is 30.5 Å². The van der Waals surface area contributed by atoms with Gasteiger partial charge in [-0.25, -0.2) is 9.97 Å². The van der Waals surface area contributed by atoms with Gasteiger partial charge in [-0.1, -0.05) is 6.07 Å². The highest BCUT2D eigenvalue weighted by atomic mass is 127. The molecule has 2 aromatic rings. The molecule has 124 valence electrons. The number of fused-ring (bicyclic) bond motifs is 1. The lowest BCUT2D eigenvalue weighted by Crippen LogP contribution is -2.37. The van der Waals surface area contributed by atoms with Crippen molar-refractivity contribution in [3.63, 3.8) is 0 Å². The highest BCUT2D eigenvalue weighted by Crippen LogP contribution is 2.24. The second-order valence-corrected chi connectivity index (χ2v) is 7.16. The van der Waals surface area contributed by atoms with Gasteiger partial charge in [0.25, 0.3) is 5.91 Å². The summed E-state index contributed by atoms with van der Waals surface area (Å²) < 4.78 is 6.43. The van der Waals surface area contributed by atoms with Crippen molar-refractivity contribution in [2.24, 2.45) is 0 Å². The van der Waals surface area contributed by atoms with Crippen LogP contribution in [0.5, 0.6) is 0 Å². The largest absolute Gasteiger partial charge is 0.378 e. The second kappa shape index (κ2) is 6.64. The summed E-state index contributed by atoms with van der Waals surface area (Å²) in [5, 5.41) is 0. The van der Waals surface area contributed by atoms with E-state index in [2.05, 4.69) is 37.5 Å². The molecule has 0 unspecified atom stereocenters. The van der Waals surface area contributed by atoms with Gasteiger partial charge in [0.05, 0.1) is 25.5 Å². The van der Waals surface area contributed by atoms with E-state index < -0.39 is 0 Å². The molecular formula is C17H17IN4O2. The molecule has 4 rings (SSSR count). The number of morpholine rings is 1. The summed E-state index contributed by atoms with van der Waals surface area (Å²) in [6, 6.07) is 7.67. The molecule has 1 fully saturated rings. The lowest BCUT2D eigenvalue weighted by atomic mass is 10.2. The predicted molar refractivity (Wildman–Crippen MR) is 97.8 cm³/mol. The van der Waals surface area contributed by atoms with E-state index in [9.17, 15) is 4.79 Å². The molecule has 2 aliphatic rings. The van der Waals surface area contributed by atoms with E-state index in [-0.39, 0.29) is 5.91 Å². The molecule has 3 heterocycles. The number of benzene rings is 1. The number of ether oxygens (including phenoxy) is 1. The van der Waals surface area contributed by atoms with Crippen LogP contribution in [0.1, 0.15) is 21.6 Å². The van der Waals surface area contributed by atoms with Crippen LogP contribution >= 0.6 is 22.6 Å². The van der Waals surface area contributed by atoms with E-state index in [1.165, 1.54) is 0 Å². The van der Waals surface area contributed by atoms with Crippen molar-refractivity contribution in [3.8, 4) is 0 Å². The number of hydrogen-bond donors (Lipinski definition) is 0. The zero-order chi connectivity index (χ0) is 16.5. The summed E-state index contributed by atoms with van der Waals surface area (Å²) in [4.78, 5) is 25.8. The van der Waals surface area contributed by atoms with Crippen LogP contribution in [0, 0.1) is 3.57 Å². The maximum atomic E-state index is 12.7. The number of carbonyl (C=O) groups is 1. The van der Waals surface area contributed by atoms with Crippen molar-refractivity contribution in [2.75, 3.05) is 31.2 Å². The van der Waals surface area contributed by atoms with E-state index in [1.54, 1.807) is 0 Å². The number of rotatable bonds is 2. The normalized spacial score (nSPS) is 17.0. The molecule has 1 aromatic carbocycles. The fraction of sp³-hybridized carbons (Fsp3) is 0.353. The van der Waals surface area contributed by atoms with E-state index in [4.69, 9.17) is 4.74 Å². The Morgan fingerprint density at radius 2 is 2.04 bits per heavy atom. The second-order valence-electron chi connectivity index (χ2n) is 5.91. The van der Waals surface area contributed by atoms with Crippen LogP contribution in [-0.4, -0.2) is 47.1 Å². The lowest BCUT2D eigenvalue weighted by molar-refractivity contribution is 0.0750. The first-order valence-corrected chi connectivity index (χ1v) is 9.01. The third-order valence-electron chi connectivity index (χ3n) is 4.30. The Labute approximate surface area is 154 Å². The summed E-state index contributed by atoms with van der Waals surface area (Å²) in [7, 11) is 0. The molecule has 2 aliphatic heterocycles. The number of aromatic nitrogens is 2. The first-order valence-electron chi connectivity index (χ1n) is 7.93. The zero-order valence-electron chi connectivity index (χ0n) is 13.1. The van der Waals surface area contributed by atoms with E-state index in [0.717, 1.165) is 39.4 Å². The van der Waals surface area contributed by atoms with Gasteiger partial charge in [-0.15, -0.1) is 0 Å². The van der Waals surface area contributed by atoms with Gasteiger partial charge < -0.3 is 14.5 Å². The number of halogens is 1. The van der Waals surface area contributed by atoms with Gasteiger partial charge in [0.2, 0.25) is 5.95 Å². The highest BCUT2D eigenvalue weighted by molar-refractivity contribution is 14.1. The van der Waals surface area contributed by atoms with E-state index in [1.807, 2.05) is 35.4 Å². The topological polar surface area (TPSA) is 58.6 Å². The van der Waals surface area contributed by atoms with Gasteiger partial charge in [-0.2, -0.15) is 0 Å². The van der Waals surface area contributed by atoms with E-state index >= 15 is 0 Å². The van der Waals surface area contributed by atoms with Crippen molar-refractivity contribution < 1.29 is 9.53 Å². The first-order chi connectivity index (χ1) is 11.7. The smallest absolute Gasteiger partial charge is 0.254 e. The standard InChI is InChI=1S/C17H17IN4O2/c18-14-3-1-2-12(8-14)16(23)22-10-13-9-19-17(20-15(13)11-22)21-4-6-24-7-5-21/h1-3,8-9H,4-7,10-11H2. The molecule has 0 aliphatic carbocycles. The fourth-order valence-corrected chi connectivity index (χ4v) is 3.55. The summed E-state index contributed by atoms with van der Waals surface area (Å²) in [5.74, 6) is 0.778. The Morgan fingerprint density at radius 3 is 2.83 bits per heavy atom. The average Bonchev–Trinajstić information content (AvgIpc) is 3.05. The highest BCUT2D eigenvalue weighted by Gasteiger charge is 2.27. The monoisotopic (exact) mass is 436 g/mol. The van der Waals surface area contributed by atoms with Gasteiger partial charge in [0.15, 0.2) is 0 Å². The van der Waals surface area contributed by atoms with Gasteiger partial charge in [-0.3, -0.25) is 4.79 Å². The molecule has 1 amide bonds. The van der Waals surface area contributed by atoms with Crippen molar-refractivity contribution in [1.29, 1.82) is 0 Å². The molecule has 0 radical (unpaired) electrons. The SMILES string of the molecule is O=C(c1cccc(I)c1)N1Cc2cnc(N3CCOCC3)nc2C1. The average molecular weight is 436 g/mol.